The molecule has 0 aliphatic heterocycles. The van der Waals surface area contributed by atoms with E-state index in [4.69, 9.17) is 0 Å². The van der Waals surface area contributed by atoms with Gasteiger partial charge in [0.2, 0.25) is 0 Å². The molecule has 7 heteroatoms. The first-order valence-corrected chi connectivity index (χ1v) is 7.20. The zero-order valence-corrected chi connectivity index (χ0v) is 10.8. The molecule has 96 valence electrons. The van der Waals surface area contributed by atoms with Gasteiger partial charge in [-0.25, -0.2) is 18.2 Å². The number of pyridine rings is 1. The number of methoxy groups -OCH3 is 1. The summed E-state index contributed by atoms with van der Waals surface area (Å²) < 4.78 is 28.6. The van der Waals surface area contributed by atoms with Crippen LogP contribution in [0.25, 0.3) is 5.65 Å². The Labute approximate surface area is 104 Å². The molecule has 2 aromatic rings. The molecular weight excluding hydrogens is 256 g/mol. The van der Waals surface area contributed by atoms with Gasteiger partial charge in [-0.3, -0.25) is 4.40 Å². The molecule has 0 aliphatic rings. The minimum absolute atomic E-state index is 0.157. The highest BCUT2D eigenvalue weighted by molar-refractivity contribution is 7.89. The average molecular weight is 268 g/mol. The first kappa shape index (κ1) is 12.6. The van der Waals surface area contributed by atoms with Crippen molar-refractivity contribution in [2.24, 2.45) is 0 Å². The minimum Gasteiger partial charge on any atom is -0.464 e. The van der Waals surface area contributed by atoms with Crippen LogP contribution in [-0.4, -0.2) is 37.1 Å². The third kappa shape index (κ3) is 2.51. The maximum Gasteiger partial charge on any atom is 0.355 e. The molecule has 2 rings (SSSR count). The van der Waals surface area contributed by atoms with Crippen LogP contribution in [0, 0.1) is 0 Å². The lowest BCUT2D eigenvalue weighted by molar-refractivity contribution is 0.0592. The highest BCUT2D eigenvalue weighted by Gasteiger charge is 2.14. The van der Waals surface area contributed by atoms with Gasteiger partial charge in [-0.05, 0) is 12.1 Å². The van der Waals surface area contributed by atoms with E-state index < -0.39 is 15.8 Å². The highest BCUT2D eigenvalue weighted by Crippen LogP contribution is 2.12. The SMILES string of the molecule is COC(=O)c1cccc2nc(CS(C)(=O)=O)cn12. The Hall–Kier alpha value is -1.89. The van der Waals surface area contributed by atoms with Crippen molar-refractivity contribution in [3.05, 3.63) is 35.8 Å². The molecule has 2 heterocycles. The largest absolute Gasteiger partial charge is 0.464 e. The quantitative estimate of drug-likeness (QED) is 0.764. The van der Waals surface area contributed by atoms with Crippen molar-refractivity contribution in [2.75, 3.05) is 13.4 Å². The molecule has 0 bridgehead atoms. The van der Waals surface area contributed by atoms with Crippen molar-refractivity contribution in [2.45, 2.75) is 5.75 Å². The maximum absolute atomic E-state index is 11.5. The molecular formula is C11H12N2O4S. The van der Waals surface area contributed by atoms with E-state index in [-0.39, 0.29) is 5.75 Å². The molecule has 2 aromatic heterocycles. The van der Waals surface area contributed by atoms with Crippen LogP contribution in [0.4, 0.5) is 0 Å². The fraction of sp³-hybridized carbons (Fsp3) is 0.273. The summed E-state index contributed by atoms with van der Waals surface area (Å²) in [6.07, 6.45) is 2.67. The Morgan fingerprint density at radius 2 is 2.17 bits per heavy atom. The van der Waals surface area contributed by atoms with Crippen molar-refractivity contribution < 1.29 is 17.9 Å². The van der Waals surface area contributed by atoms with Crippen LogP contribution in [-0.2, 0) is 20.3 Å². The number of hydrogen-bond acceptors (Lipinski definition) is 5. The number of sulfone groups is 1. The molecule has 0 aliphatic carbocycles. The molecule has 0 saturated carbocycles. The normalized spacial score (nSPS) is 11.7. The summed E-state index contributed by atoms with van der Waals surface area (Å²) in [5.74, 6) is -0.654. The second-order valence-electron chi connectivity index (χ2n) is 3.93. The van der Waals surface area contributed by atoms with Crippen LogP contribution >= 0.6 is 0 Å². The fourth-order valence-electron chi connectivity index (χ4n) is 1.67. The minimum atomic E-state index is -3.16. The smallest absolute Gasteiger partial charge is 0.355 e. The van der Waals surface area contributed by atoms with E-state index in [2.05, 4.69) is 9.72 Å². The van der Waals surface area contributed by atoms with E-state index in [1.165, 1.54) is 17.7 Å². The lowest BCUT2D eigenvalue weighted by atomic mass is 10.3. The van der Waals surface area contributed by atoms with Crippen molar-refractivity contribution >= 4 is 21.5 Å². The third-order valence-electron chi connectivity index (χ3n) is 2.35. The topological polar surface area (TPSA) is 77.7 Å². The summed E-state index contributed by atoms with van der Waals surface area (Å²) in [6, 6.07) is 4.95. The molecule has 0 atom stereocenters. The lowest BCUT2D eigenvalue weighted by Gasteiger charge is -2.01. The number of aromatic nitrogens is 2. The van der Waals surface area contributed by atoms with E-state index in [0.717, 1.165) is 6.26 Å². The molecule has 0 spiro atoms. The van der Waals surface area contributed by atoms with Crippen molar-refractivity contribution in [1.29, 1.82) is 0 Å². The van der Waals surface area contributed by atoms with Gasteiger partial charge in [0.05, 0.1) is 18.6 Å². The number of nitrogens with zero attached hydrogens (tertiary/aromatic N) is 2. The van der Waals surface area contributed by atoms with Crippen LogP contribution in [0.15, 0.2) is 24.4 Å². The standard InChI is InChI=1S/C11H12N2O4S/c1-17-11(14)9-4-3-5-10-12-8(6-13(9)10)7-18(2,15)16/h3-6H,7H2,1-2H3. The Balaban J connectivity index is 2.54. The van der Waals surface area contributed by atoms with Crippen LogP contribution in [0.5, 0.6) is 0 Å². The van der Waals surface area contributed by atoms with Crippen LogP contribution in [0.3, 0.4) is 0 Å². The molecule has 0 fully saturated rings. The van der Waals surface area contributed by atoms with E-state index >= 15 is 0 Å². The van der Waals surface area contributed by atoms with Crippen LogP contribution in [0.2, 0.25) is 0 Å². The Morgan fingerprint density at radius 3 is 2.78 bits per heavy atom. The molecule has 6 nitrogen and oxygen atoms in total. The number of esters is 1. The van der Waals surface area contributed by atoms with Crippen molar-refractivity contribution in [3.63, 3.8) is 0 Å². The van der Waals surface area contributed by atoms with E-state index in [0.29, 0.717) is 17.0 Å². The Bertz CT molecular complexity index is 703. The molecule has 0 radical (unpaired) electrons. The van der Waals surface area contributed by atoms with Gasteiger partial charge < -0.3 is 4.74 Å². The predicted molar refractivity (Wildman–Crippen MR) is 65.1 cm³/mol. The zero-order valence-electron chi connectivity index (χ0n) is 9.95. The summed E-state index contributed by atoms with van der Waals surface area (Å²) in [4.78, 5) is 15.7. The van der Waals surface area contributed by atoms with Gasteiger partial charge in [0, 0.05) is 12.5 Å². The number of hydrogen-bond donors (Lipinski definition) is 0. The zero-order chi connectivity index (χ0) is 13.3. The molecule has 18 heavy (non-hydrogen) atoms. The van der Waals surface area contributed by atoms with Crippen molar-refractivity contribution in [1.82, 2.24) is 9.38 Å². The van der Waals surface area contributed by atoms with Gasteiger partial charge in [0.1, 0.15) is 11.3 Å². The molecule has 0 unspecified atom stereocenters. The fourth-order valence-corrected chi connectivity index (χ4v) is 2.35. The Morgan fingerprint density at radius 1 is 1.44 bits per heavy atom. The summed E-state index contributed by atoms with van der Waals surface area (Å²) in [7, 11) is -1.87. The lowest BCUT2D eigenvalue weighted by Crippen LogP contribution is -2.07. The van der Waals surface area contributed by atoms with E-state index in [1.54, 1.807) is 18.2 Å². The Kier molecular flexibility index (Phi) is 3.08. The second kappa shape index (κ2) is 4.41. The summed E-state index contributed by atoms with van der Waals surface area (Å²) in [5, 5.41) is 0. The first-order chi connectivity index (χ1) is 8.40. The molecule has 0 saturated heterocycles. The van der Waals surface area contributed by atoms with Crippen molar-refractivity contribution in [3.8, 4) is 0 Å². The summed E-state index contributed by atoms with van der Waals surface area (Å²) >= 11 is 0. The maximum atomic E-state index is 11.5. The predicted octanol–water partition coefficient (Wildman–Crippen LogP) is 0.665. The third-order valence-corrected chi connectivity index (χ3v) is 3.17. The molecule has 0 N–H and O–H groups in total. The first-order valence-electron chi connectivity index (χ1n) is 5.14. The monoisotopic (exact) mass is 268 g/mol. The summed E-state index contributed by atoms with van der Waals surface area (Å²) in [6.45, 7) is 0. The molecule has 0 aromatic carbocycles. The van der Waals surface area contributed by atoms with Gasteiger partial charge in [-0.15, -0.1) is 0 Å². The van der Waals surface area contributed by atoms with E-state index in [9.17, 15) is 13.2 Å². The summed E-state index contributed by atoms with van der Waals surface area (Å²) in [5.41, 5.74) is 1.22. The number of rotatable bonds is 3. The van der Waals surface area contributed by atoms with E-state index in [1.807, 2.05) is 0 Å². The number of carbonyl (C=O) groups is 1. The van der Waals surface area contributed by atoms with Gasteiger partial charge in [-0.1, -0.05) is 6.07 Å². The molecule has 0 amide bonds. The highest BCUT2D eigenvalue weighted by atomic mass is 32.2. The number of ether oxygens (including phenoxy) is 1. The number of fused-ring (bicyclic) bond motifs is 1. The van der Waals surface area contributed by atoms with Gasteiger partial charge in [0.15, 0.2) is 9.84 Å². The number of imidazole rings is 1. The van der Waals surface area contributed by atoms with Crippen LogP contribution < -0.4 is 0 Å². The average Bonchev–Trinajstić information content (AvgIpc) is 2.66. The number of carbonyl (C=O) groups excluding carboxylic acids is 1. The second-order valence-corrected chi connectivity index (χ2v) is 6.07. The van der Waals surface area contributed by atoms with Gasteiger partial charge in [-0.2, -0.15) is 0 Å². The van der Waals surface area contributed by atoms with Gasteiger partial charge >= 0.3 is 5.97 Å². The van der Waals surface area contributed by atoms with Crippen LogP contribution in [0.1, 0.15) is 16.2 Å². The van der Waals surface area contributed by atoms with Gasteiger partial charge in [0.25, 0.3) is 0 Å².